The second-order valence-corrected chi connectivity index (χ2v) is 6.22. The maximum absolute atomic E-state index is 9.98. The molecule has 2 nitrogen and oxygen atoms in total. The van der Waals surface area contributed by atoms with E-state index in [9.17, 15) is 4.79 Å². The fourth-order valence-corrected chi connectivity index (χ4v) is 4.23. The van der Waals surface area contributed by atoms with Crippen molar-refractivity contribution in [2.45, 2.75) is 72.6 Å². The van der Waals surface area contributed by atoms with E-state index in [2.05, 4.69) is 4.74 Å². The Labute approximate surface area is 119 Å². The highest BCUT2D eigenvalue weighted by atomic mass is 16.5. The van der Waals surface area contributed by atoms with Crippen molar-refractivity contribution in [2.24, 2.45) is 23.7 Å². The van der Waals surface area contributed by atoms with Gasteiger partial charge in [0.2, 0.25) is 0 Å². The van der Waals surface area contributed by atoms with E-state index < -0.39 is 0 Å². The van der Waals surface area contributed by atoms with Crippen molar-refractivity contribution in [1.82, 2.24) is 0 Å². The van der Waals surface area contributed by atoms with Crippen molar-refractivity contribution in [2.75, 3.05) is 6.61 Å². The molecule has 0 spiro atoms. The quantitative estimate of drug-likeness (QED) is 0.671. The van der Waals surface area contributed by atoms with Crippen molar-refractivity contribution in [3.8, 4) is 0 Å². The minimum absolute atomic E-state index is 0.193. The largest absolute Gasteiger partial charge is 0.466 e. The minimum atomic E-state index is -0.193. The Morgan fingerprint density at radius 2 is 1.21 bits per heavy atom. The highest BCUT2D eigenvalue weighted by Gasteiger charge is 2.41. The van der Waals surface area contributed by atoms with E-state index >= 15 is 0 Å². The molecule has 0 aromatic rings. The van der Waals surface area contributed by atoms with E-state index in [4.69, 9.17) is 0 Å². The molecular formula is C17H32O2. The summed E-state index contributed by atoms with van der Waals surface area (Å²) < 4.78 is 4.55. The fourth-order valence-electron chi connectivity index (χ4n) is 4.23. The molecule has 0 saturated heterocycles. The maximum atomic E-state index is 9.98. The molecule has 0 N–H and O–H groups in total. The first-order valence-electron chi connectivity index (χ1n) is 8.30. The van der Waals surface area contributed by atoms with Crippen LogP contribution in [0.15, 0.2) is 0 Å². The van der Waals surface area contributed by atoms with E-state index in [-0.39, 0.29) is 5.97 Å². The molecule has 0 amide bonds. The number of hydrogen-bond donors (Lipinski definition) is 0. The molecule has 4 fully saturated rings. The van der Waals surface area contributed by atoms with Crippen LogP contribution in [0.5, 0.6) is 0 Å². The molecule has 4 rings (SSSR count). The lowest BCUT2D eigenvalue weighted by Crippen LogP contribution is -2.38. The zero-order valence-electron chi connectivity index (χ0n) is 13.3. The standard InChI is InChI=1S/C10H16.C5H10O2.C2H6/c1-7-2-9-4-8(1)5-10(3-7)6-9;1-3-4-7-5(2)6;1-2/h7-10H,1-6H2;3-4H2,1-2H3;1-2H3. The van der Waals surface area contributed by atoms with Crippen LogP contribution in [-0.2, 0) is 9.53 Å². The van der Waals surface area contributed by atoms with Gasteiger partial charge in [0.25, 0.3) is 0 Å². The first-order chi connectivity index (χ1) is 9.17. The first-order valence-corrected chi connectivity index (χ1v) is 8.30. The highest BCUT2D eigenvalue weighted by Crippen LogP contribution is 2.53. The predicted octanol–water partition coefficient (Wildman–Crippen LogP) is 4.82. The summed E-state index contributed by atoms with van der Waals surface area (Å²) in [7, 11) is 0. The molecule has 0 atom stereocenters. The van der Waals surface area contributed by atoms with Gasteiger partial charge in [-0.15, -0.1) is 0 Å². The Hall–Kier alpha value is -0.530. The molecular weight excluding hydrogens is 236 g/mol. The number of rotatable bonds is 2. The number of esters is 1. The molecule has 4 aliphatic carbocycles. The highest BCUT2D eigenvalue weighted by molar-refractivity contribution is 5.65. The van der Waals surface area contributed by atoms with Crippen LogP contribution in [-0.4, -0.2) is 12.6 Å². The third-order valence-electron chi connectivity index (χ3n) is 4.51. The maximum Gasteiger partial charge on any atom is 0.302 e. The van der Waals surface area contributed by atoms with Crippen LogP contribution in [0, 0.1) is 23.7 Å². The molecule has 4 aliphatic rings. The van der Waals surface area contributed by atoms with Crippen molar-refractivity contribution < 1.29 is 9.53 Å². The van der Waals surface area contributed by atoms with Gasteiger partial charge in [0.15, 0.2) is 0 Å². The summed E-state index contributed by atoms with van der Waals surface area (Å²) in [6.45, 7) is 7.92. The average molecular weight is 268 g/mol. The second-order valence-electron chi connectivity index (χ2n) is 6.22. The molecule has 0 aromatic carbocycles. The lowest BCUT2D eigenvalue weighted by molar-refractivity contribution is -0.140. The predicted molar refractivity (Wildman–Crippen MR) is 79.9 cm³/mol. The monoisotopic (exact) mass is 268 g/mol. The SMILES string of the molecule is C1C2CC3CC1CC(C2)C3.CC.CCCOC(C)=O. The van der Waals surface area contributed by atoms with E-state index in [1.54, 1.807) is 38.5 Å². The minimum Gasteiger partial charge on any atom is -0.466 e. The van der Waals surface area contributed by atoms with Crippen molar-refractivity contribution in [1.29, 1.82) is 0 Å². The van der Waals surface area contributed by atoms with Crippen LogP contribution >= 0.6 is 0 Å². The summed E-state index contributed by atoms with van der Waals surface area (Å²) in [5.41, 5.74) is 0. The Balaban J connectivity index is 0.000000180. The van der Waals surface area contributed by atoms with Gasteiger partial charge >= 0.3 is 5.97 Å². The Kier molecular flexibility index (Phi) is 7.48. The summed E-state index contributed by atoms with van der Waals surface area (Å²) in [6, 6.07) is 0. The van der Waals surface area contributed by atoms with Gasteiger partial charge in [-0.1, -0.05) is 20.8 Å². The molecule has 0 aromatic heterocycles. The summed E-state index contributed by atoms with van der Waals surface area (Å²) in [4.78, 5) is 9.98. The third-order valence-corrected chi connectivity index (χ3v) is 4.51. The second kappa shape index (κ2) is 8.60. The molecule has 19 heavy (non-hydrogen) atoms. The van der Waals surface area contributed by atoms with Crippen LogP contribution in [0.1, 0.15) is 72.6 Å². The molecule has 112 valence electrons. The van der Waals surface area contributed by atoms with Gasteiger partial charge in [-0.2, -0.15) is 0 Å². The number of carbonyl (C=O) groups is 1. The zero-order chi connectivity index (χ0) is 14.3. The van der Waals surface area contributed by atoms with Gasteiger partial charge in [0, 0.05) is 6.92 Å². The van der Waals surface area contributed by atoms with Crippen LogP contribution in [0.25, 0.3) is 0 Å². The van der Waals surface area contributed by atoms with Crippen LogP contribution in [0.3, 0.4) is 0 Å². The Morgan fingerprint density at radius 3 is 1.37 bits per heavy atom. The molecule has 0 unspecified atom stereocenters. The summed E-state index contributed by atoms with van der Waals surface area (Å²) in [6.07, 6.45) is 10.5. The fraction of sp³-hybridized carbons (Fsp3) is 0.941. The molecule has 0 radical (unpaired) electrons. The lowest BCUT2D eigenvalue weighted by Gasteiger charge is -2.49. The van der Waals surface area contributed by atoms with E-state index in [1.807, 2.05) is 20.8 Å². The zero-order valence-corrected chi connectivity index (χ0v) is 13.3. The van der Waals surface area contributed by atoms with E-state index in [0.717, 1.165) is 6.42 Å². The molecule has 2 heteroatoms. The first kappa shape index (κ1) is 16.5. The Morgan fingerprint density at radius 1 is 0.895 bits per heavy atom. The van der Waals surface area contributed by atoms with Gasteiger partial charge < -0.3 is 4.74 Å². The molecule has 0 aliphatic heterocycles. The smallest absolute Gasteiger partial charge is 0.302 e. The van der Waals surface area contributed by atoms with Crippen LogP contribution < -0.4 is 0 Å². The number of carbonyl (C=O) groups excluding carboxylic acids is 1. The van der Waals surface area contributed by atoms with E-state index in [1.165, 1.54) is 30.6 Å². The molecule has 4 saturated carbocycles. The normalized spacial score (nSPS) is 33.7. The summed E-state index contributed by atoms with van der Waals surface area (Å²) >= 11 is 0. The molecule has 4 bridgehead atoms. The number of ether oxygens (including phenoxy) is 1. The van der Waals surface area contributed by atoms with Crippen molar-refractivity contribution in [3.63, 3.8) is 0 Å². The summed E-state index contributed by atoms with van der Waals surface area (Å²) in [5.74, 6) is 4.52. The van der Waals surface area contributed by atoms with Crippen LogP contribution in [0.2, 0.25) is 0 Å². The lowest BCUT2D eigenvalue weighted by atomic mass is 9.56. The van der Waals surface area contributed by atoms with Crippen LogP contribution in [0.4, 0.5) is 0 Å². The average Bonchev–Trinajstić information content (AvgIpc) is 2.38. The summed E-state index contributed by atoms with van der Waals surface area (Å²) in [5, 5.41) is 0. The van der Waals surface area contributed by atoms with Gasteiger partial charge in [-0.25, -0.2) is 0 Å². The van der Waals surface area contributed by atoms with Crippen molar-refractivity contribution in [3.05, 3.63) is 0 Å². The van der Waals surface area contributed by atoms with Gasteiger partial charge in [-0.05, 0) is 68.6 Å². The van der Waals surface area contributed by atoms with Gasteiger partial charge in [0.05, 0.1) is 6.61 Å². The van der Waals surface area contributed by atoms with Gasteiger partial charge in [-0.3, -0.25) is 4.79 Å². The van der Waals surface area contributed by atoms with Crippen molar-refractivity contribution >= 4 is 5.97 Å². The number of hydrogen-bond acceptors (Lipinski definition) is 2. The molecule has 0 heterocycles. The van der Waals surface area contributed by atoms with Gasteiger partial charge in [0.1, 0.15) is 0 Å². The third kappa shape index (κ3) is 5.54. The Bertz CT molecular complexity index is 203. The van der Waals surface area contributed by atoms with E-state index in [0.29, 0.717) is 6.61 Å². The topological polar surface area (TPSA) is 26.3 Å².